The van der Waals surface area contributed by atoms with Gasteiger partial charge >= 0.3 is 5.63 Å². The lowest BCUT2D eigenvalue weighted by Crippen LogP contribution is -2.60. The molecule has 5 unspecified atom stereocenters. The van der Waals surface area contributed by atoms with Crippen LogP contribution in [0.2, 0.25) is 0 Å². The highest BCUT2D eigenvalue weighted by Gasteiger charge is 2.44. The molecule has 1 aliphatic rings. The average Bonchev–Trinajstić information content (AvgIpc) is 2.75. The quantitative estimate of drug-likeness (QED) is 0.193. The number of carbonyl (C=O) groups excluding carboxylic acids is 1. The van der Waals surface area contributed by atoms with E-state index < -0.39 is 48.8 Å². The van der Waals surface area contributed by atoms with Crippen LogP contribution in [0.1, 0.15) is 5.56 Å². The Morgan fingerprint density at radius 2 is 1.90 bits per heavy atom. The van der Waals surface area contributed by atoms with Gasteiger partial charge in [0, 0.05) is 17.5 Å². The van der Waals surface area contributed by atoms with Gasteiger partial charge in [-0.1, -0.05) is 0 Å². The molecule has 12 heteroatoms. The molecule has 10 nitrogen and oxygen atoms in total. The number of ether oxygens (including phenoxy) is 2. The second-order valence-electron chi connectivity index (χ2n) is 6.26. The number of hydrogen-bond donors (Lipinski definition) is 6. The van der Waals surface area contributed by atoms with Gasteiger partial charge in [-0.15, -0.1) is 4.48 Å². The monoisotopic (exact) mass is 447 g/mol. The Hall–Kier alpha value is -2.22. The second kappa shape index (κ2) is 10.7. The standard InChI is InChI=1S/C17H18FNO9.CH4S/c18-19-12(21)3-7-4-13(22)27-10-5-8(1-2-9(7)10)26-17-16(25)15(24)14(23)11(6-20)28-17;1-2/h1-2,4-5,11,14-17,20,23-25H,3,6H2,(H,19,21);2H,1H3. The molecule has 2 heterocycles. The molecule has 1 fully saturated rings. The third-order valence-corrected chi connectivity index (χ3v) is 4.36. The summed E-state index contributed by atoms with van der Waals surface area (Å²) in [7, 11) is 0. The van der Waals surface area contributed by atoms with Gasteiger partial charge in [0.05, 0.1) is 13.0 Å². The van der Waals surface area contributed by atoms with Gasteiger partial charge in [-0.3, -0.25) is 4.79 Å². The van der Waals surface area contributed by atoms with E-state index in [9.17, 15) is 34.5 Å². The van der Waals surface area contributed by atoms with Crippen LogP contribution in [0, 0.1) is 0 Å². The summed E-state index contributed by atoms with van der Waals surface area (Å²) in [6, 6.07) is 5.23. The first-order valence-electron chi connectivity index (χ1n) is 8.72. The van der Waals surface area contributed by atoms with Gasteiger partial charge in [0.2, 0.25) is 6.29 Å². The fourth-order valence-corrected chi connectivity index (χ4v) is 2.94. The van der Waals surface area contributed by atoms with E-state index in [0.717, 1.165) is 11.6 Å². The predicted molar refractivity (Wildman–Crippen MR) is 105 cm³/mol. The summed E-state index contributed by atoms with van der Waals surface area (Å²) in [4.78, 5) is 23.0. The van der Waals surface area contributed by atoms with Crippen molar-refractivity contribution < 1.29 is 43.6 Å². The topological polar surface area (TPSA) is 159 Å². The molecule has 0 aliphatic carbocycles. The van der Waals surface area contributed by atoms with E-state index in [1.165, 1.54) is 18.2 Å². The molecule has 1 saturated heterocycles. The first-order chi connectivity index (χ1) is 14.3. The number of thiol groups is 1. The van der Waals surface area contributed by atoms with Crippen LogP contribution in [0.3, 0.4) is 0 Å². The fraction of sp³-hybridized carbons (Fsp3) is 0.444. The zero-order valence-electron chi connectivity index (χ0n) is 15.8. The predicted octanol–water partition coefficient (Wildman–Crippen LogP) is -0.939. The molecule has 0 saturated carbocycles. The molecule has 1 aromatic carbocycles. The molecule has 0 bridgehead atoms. The number of amides is 1. The fourth-order valence-electron chi connectivity index (χ4n) is 2.94. The summed E-state index contributed by atoms with van der Waals surface area (Å²) in [6.07, 6.45) is -6.00. The molecule has 166 valence electrons. The number of rotatable bonds is 5. The Labute approximate surface area is 175 Å². The molecule has 1 aromatic heterocycles. The van der Waals surface area contributed by atoms with E-state index in [0.29, 0.717) is 5.39 Å². The summed E-state index contributed by atoms with van der Waals surface area (Å²) < 4.78 is 28.0. The zero-order valence-corrected chi connectivity index (χ0v) is 16.7. The van der Waals surface area contributed by atoms with E-state index in [1.807, 2.05) is 0 Å². The van der Waals surface area contributed by atoms with Crippen molar-refractivity contribution in [1.29, 1.82) is 0 Å². The van der Waals surface area contributed by atoms with Crippen molar-refractivity contribution >= 4 is 29.5 Å². The SMILES string of the molecule is CS.O=C(Cc1cc(=O)oc2cc(OC3OC(CO)C(O)C(O)C3O)ccc12)NF. The third-order valence-electron chi connectivity index (χ3n) is 4.36. The van der Waals surface area contributed by atoms with Crippen LogP contribution in [0.15, 0.2) is 33.5 Å². The largest absolute Gasteiger partial charge is 0.462 e. The molecule has 5 atom stereocenters. The van der Waals surface area contributed by atoms with E-state index in [-0.39, 0.29) is 23.3 Å². The van der Waals surface area contributed by atoms with Crippen molar-refractivity contribution in [2.45, 2.75) is 37.1 Å². The van der Waals surface area contributed by atoms with Crippen LogP contribution in [0.25, 0.3) is 11.0 Å². The van der Waals surface area contributed by atoms with E-state index in [1.54, 1.807) is 6.26 Å². The summed E-state index contributed by atoms with van der Waals surface area (Å²) in [6.45, 7) is -0.614. The molecule has 1 amide bonds. The number of halogens is 1. The Morgan fingerprint density at radius 1 is 1.20 bits per heavy atom. The normalized spacial score (nSPS) is 25.9. The minimum Gasteiger partial charge on any atom is -0.462 e. The number of carbonyl (C=O) groups is 1. The lowest BCUT2D eigenvalue weighted by molar-refractivity contribution is -0.277. The number of aliphatic hydroxyl groups is 4. The first-order valence-corrected chi connectivity index (χ1v) is 9.61. The number of fused-ring (bicyclic) bond motifs is 1. The van der Waals surface area contributed by atoms with Crippen molar-refractivity contribution in [3.63, 3.8) is 0 Å². The van der Waals surface area contributed by atoms with Crippen LogP contribution in [-0.2, 0) is 16.0 Å². The summed E-state index contributed by atoms with van der Waals surface area (Å²) >= 11 is 3.53. The zero-order chi connectivity index (χ0) is 22.4. The van der Waals surface area contributed by atoms with Crippen molar-refractivity contribution in [1.82, 2.24) is 5.54 Å². The maximum Gasteiger partial charge on any atom is 0.336 e. The summed E-state index contributed by atoms with van der Waals surface area (Å²) in [5.74, 6) is -0.861. The second-order valence-corrected chi connectivity index (χ2v) is 6.26. The summed E-state index contributed by atoms with van der Waals surface area (Å²) in [5, 5.41) is 39.2. The van der Waals surface area contributed by atoms with Crippen LogP contribution in [0.4, 0.5) is 4.48 Å². The van der Waals surface area contributed by atoms with E-state index >= 15 is 0 Å². The number of nitrogens with one attached hydrogen (secondary N) is 1. The highest BCUT2D eigenvalue weighted by Crippen LogP contribution is 2.27. The minimum absolute atomic E-state index is 0.0382. The molecule has 30 heavy (non-hydrogen) atoms. The molecule has 0 radical (unpaired) electrons. The van der Waals surface area contributed by atoms with Crippen molar-refractivity contribution in [3.8, 4) is 5.75 Å². The number of aliphatic hydroxyl groups excluding tert-OH is 4. The van der Waals surface area contributed by atoms with Gasteiger partial charge in [-0.2, -0.15) is 18.2 Å². The van der Waals surface area contributed by atoms with Gasteiger partial charge in [0.1, 0.15) is 35.7 Å². The minimum atomic E-state index is -1.61. The Kier molecular flexibility index (Phi) is 8.58. The number of benzene rings is 1. The Bertz CT molecular complexity index is 922. The highest BCUT2D eigenvalue weighted by molar-refractivity contribution is 7.79. The van der Waals surface area contributed by atoms with Gasteiger partial charge in [-0.05, 0) is 24.0 Å². The number of hydrogen-bond acceptors (Lipinski definition) is 10. The molecule has 0 spiro atoms. The van der Waals surface area contributed by atoms with Crippen LogP contribution < -0.4 is 15.9 Å². The van der Waals surface area contributed by atoms with Crippen LogP contribution >= 0.6 is 12.6 Å². The van der Waals surface area contributed by atoms with Crippen LogP contribution in [0.5, 0.6) is 5.75 Å². The van der Waals surface area contributed by atoms with E-state index in [4.69, 9.17) is 13.9 Å². The average molecular weight is 447 g/mol. The molecular weight excluding hydrogens is 425 g/mol. The maximum absolute atomic E-state index is 12.2. The molecule has 5 N–H and O–H groups in total. The third kappa shape index (κ3) is 5.28. The molecular formula is C18H22FNO9S. The molecule has 3 rings (SSSR count). The van der Waals surface area contributed by atoms with Gasteiger partial charge < -0.3 is 34.3 Å². The summed E-state index contributed by atoms with van der Waals surface area (Å²) in [5.41, 5.74) is 0.491. The van der Waals surface area contributed by atoms with Crippen molar-refractivity contribution in [2.24, 2.45) is 0 Å². The van der Waals surface area contributed by atoms with E-state index in [2.05, 4.69) is 12.6 Å². The van der Waals surface area contributed by atoms with Crippen LogP contribution in [-0.4, -0.2) is 69.9 Å². The van der Waals surface area contributed by atoms with Gasteiger partial charge in [0.25, 0.3) is 5.91 Å². The maximum atomic E-state index is 12.2. The van der Waals surface area contributed by atoms with Crippen molar-refractivity contribution in [3.05, 3.63) is 40.2 Å². The van der Waals surface area contributed by atoms with Gasteiger partial charge in [-0.25, -0.2) is 4.79 Å². The Balaban J connectivity index is 0.00000155. The first kappa shape index (κ1) is 24.1. The lowest BCUT2D eigenvalue weighted by Gasteiger charge is -2.39. The molecule has 1 aliphatic heterocycles. The lowest BCUT2D eigenvalue weighted by atomic mass is 9.99. The molecule has 2 aromatic rings. The van der Waals surface area contributed by atoms with Crippen molar-refractivity contribution in [2.75, 3.05) is 12.9 Å². The smallest absolute Gasteiger partial charge is 0.336 e. The van der Waals surface area contributed by atoms with Gasteiger partial charge in [0.15, 0.2) is 0 Å². The Morgan fingerprint density at radius 3 is 2.53 bits per heavy atom. The highest BCUT2D eigenvalue weighted by atomic mass is 32.1.